The maximum Gasteiger partial charge on any atom is 0.159 e. The minimum Gasteiger partial charge on any atom is -0.340 e. The average Bonchev–Trinajstić information content (AvgIpc) is 3.64. The molecule has 0 amide bonds. The first kappa shape index (κ1) is 23.3. The largest absolute Gasteiger partial charge is 0.340 e. The summed E-state index contributed by atoms with van der Waals surface area (Å²) in [7, 11) is 0. The lowest BCUT2D eigenvalue weighted by Gasteiger charge is -2.15. The summed E-state index contributed by atoms with van der Waals surface area (Å²) in [5, 5.41) is 8.70. The molecule has 0 unspecified atom stereocenters. The number of H-pyrrole nitrogens is 2. The van der Waals surface area contributed by atoms with E-state index in [0.29, 0.717) is 28.3 Å². The van der Waals surface area contributed by atoms with E-state index in [1.165, 1.54) is 24.5 Å². The predicted octanol–water partition coefficient (Wildman–Crippen LogP) is 6.43. The molecule has 0 bridgehead atoms. The molecule has 0 saturated carbocycles. The number of hydrogen-bond acceptors (Lipinski definition) is 4. The zero-order chi connectivity index (χ0) is 25.5. The van der Waals surface area contributed by atoms with E-state index in [9.17, 15) is 4.39 Å². The van der Waals surface area contributed by atoms with Crippen molar-refractivity contribution < 1.29 is 4.39 Å². The average molecular weight is 493 g/mol. The Hall–Kier alpha value is -4.10. The van der Waals surface area contributed by atoms with Crippen LogP contribution in [0.1, 0.15) is 40.9 Å². The molecule has 5 aromatic rings. The highest BCUT2D eigenvalue weighted by atomic mass is 19.1. The monoisotopic (exact) mass is 492 g/mol. The van der Waals surface area contributed by atoms with Crippen LogP contribution in [-0.2, 0) is 6.54 Å². The van der Waals surface area contributed by atoms with Crippen molar-refractivity contribution >= 4 is 16.5 Å². The number of aromatic nitrogens is 5. The zero-order valence-electron chi connectivity index (χ0n) is 21.1. The molecule has 3 aromatic heterocycles. The predicted molar refractivity (Wildman–Crippen MR) is 145 cm³/mol. The minimum atomic E-state index is -0.317. The SMILES string of the molecule is C=C(c1ccccc1F)c1nc(-c2n[nH]c3cc(C)c(-c4cncc(CN5CCCC5)c4)cc23)[nH]c1C. The number of fused-ring (bicyclic) bond motifs is 1. The van der Waals surface area contributed by atoms with Gasteiger partial charge in [-0.05, 0) is 80.7 Å². The third-order valence-electron chi connectivity index (χ3n) is 7.21. The quantitative estimate of drug-likeness (QED) is 0.287. The van der Waals surface area contributed by atoms with Crippen LogP contribution in [0.15, 0.2) is 61.4 Å². The number of rotatable bonds is 6. The van der Waals surface area contributed by atoms with Crippen LogP contribution < -0.4 is 0 Å². The summed E-state index contributed by atoms with van der Waals surface area (Å²) in [6, 6.07) is 13.1. The van der Waals surface area contributed by atoms with Gasteiger partial charge in [0.2, 0.25) is 0 Å². The van der Waals surface area contributed by atoms with Gasteiger partial charge in [0.25, 0.3) is 0 Å². The van der Waals surface area contributed by atoms with Crippen LogP contribution in [0, 0.1) is 19.7 Å². The second kappa shape index (κ2) is 9.41. The normalized spacial score (nSPS) is 14.0. The van der Waals surface area contributed by atoms with Crippen LogP contribution in [0.3, 0.4) is 0 Å². The van der Waals surface area contributed by atoms with E-state index in [1.54, 1.807) is 18.2 Å². The Labute approximate surface area is 215 Å². The van der Waals surface area contributed by atoms with E-state index in [4.69, 9.17) is 4.98 Å². The van der Waals surface area contributed by atoms with Crippen molar-refractivity contribution in [3.63, 3.8) is 0 Å². The Morgan fingerprint density at radius 1 is 1.08 bits per heavy atom. The van der Waals surface area contributed by atoms with Gasteiger partial charge in [0.15, 0.2) is 5.82 Å². The van der Waals surface area contributed by atoms with Crippen LogP contribution in [0.2, 0.25) is 0 Å². The molecule has 2 aromatic carbocycles. The van der Waals surface area contributed by atoms with Gasteiger partial charge in [-0.15, -0.1) is 0 Å². The van der Waals surface area contributed by atoms with Crippen molar-refractivity contribution in [2.24, 2.45) is 0 Å². The molecule has 4 heterocycles. The number of halogens is 1. The highest BCUT2D eigenvalue weighted by Crippen LogP contribution is 2.34. The van der Waals surface area contributed by atoms with Crippen LogP contribution in [-0.4, -0.2) is 43.1 Å². The van der Waals surface area contributed by atoms with E-state index in [0.717, 1.165) is 52.9 Å². The fraction of sp³-hybridized carbons (Fsp3) is 0.233. The van der Waals surface area contributed by atoms with Gasteiger partial charge in [-0.25, -0.2) is 9.37 Å². The number of nitrogens with one attached hydrogen (secondary N) is 2. The van der Waals surface area contributed by atoms with Crippen molar-refractivity contribution in [1.29, 1.82) is 0 Å². The molecule has 6 rings (SSSR count). The maximum atomic E-state index is 14.4. The molecule has 0 radical (unpaired) electrons. The van der Waals surface area contributed by atoms with Crippen LogP contribution in [0.4, 0.5) is 4.39 Å². The second-order valence-corrected chi connectivity index (χ2v) is 9.87. The third kappa shape index (κ3) is 4.36. The molecule has 7 heteroatoms. The summed E-state index contributed by atoms with van der Waals surface area (Å²) in [5.74, 6) is 0.300. The number of aromatic amines is 2. The molecule has 1 fully saturated rings. The highest BCUT2D eigenvalue weighted by Gasteiger charge is 2.19. The fourth-order valence-electron chi connectivity index (χ4n) is 5.28. The first-order valence-corrected chi connectivity index (χ1v) is 12.6. The molecule has 2 N–H and O–H groups in total. The van der Waals surface area contributed by atoms with Gasteiger partial charge in [0.05, 0.1) is 11.2 Å². The smallest absolute Gasteiger partial charge is 0.159 e. The van der Waals surface area contributed by atoms with Crippen molar-refractivity contribution in [2.45, 2.75) is 33.2 Å². The summed E-state index contributed by atoms with van der Waals surface area (Å²) in [4.78, 5) is 15.2. The van der Waals surface area contributed by atoms with Crippen LogP contribution >= 0.6 is 0 Å². The molecule has 6 nitrogen and oxygen atoms in total. The molecule has 186 valence electrons. The van der Waals surface area contributed by atoms with Gasteiger partial charge in [-0.2, -0.15) is 5.10 Å². The lowest BCUT2D eigenvalue weighted by Crippen LogP contribution is -2.18. The van der Waals surface area contributed by atoms with Crippen molar-refractivity contribution in [1.82, 2.24) is 30.0 Å². The van der Waals surface area contributed by atoms with Crippen molar-refractivity contribution in [3.8, 4) is 22.6 Å². The summed E-state index contributed by atoms with van der Waals surface area (Å²) >= 11 is 0. The molecular formula is C30H29FN6. The number of aryl methyl sites for hydroxylation is 2. The summed E-state index contributed by atoms with van der Waals surface area (Å²) in [5.41, 5.74) is 8.64. The van der Waals surface area contributed by atoms with E-state index >= 15 is 0 Å². The van der Waals surface area contributed by atoms with Crippen LogP contribution in [0.25, 0.3) is 39.1 Å². The number of nitrogens with zero attached hydrogens (tertiary/aromatic N) is 4. The molecule has 0 spiro atoms. The third-order valence-corrected chi connectivity index (χ3v) is 7.21. The van der Waals surface area contributed by atoms with Gasteiger partial charge in [0.1, 0.15) is 11.5 Å². The number of benzene rings is 2. The fourth-order valence-corrected chi connectivity index (χ4v) is 5.28. The molecule has 1 aliphatic rings. The topological polar surface area (TPSA) is 73.5 Å². The Morgan fingerprint density at radius 2 is 1.89 bits per heavy atom. The molecule has 0 aliphatic carbocycles. The molecule has 37 heavy (non-hydrogen) atoms. The van der Waals surface area contributed by atoms with Gasteiger partial charge in [-0.3, -0.25) is 15.0 Å². The van der Waals surface area contributed by atoms with E-state index in [1.807, 2.05) is 19.3 Å². The second-order valence-electron chi connectivity index (χ2n) is 9.87. The number of likely N-dealkylation sites (tertiary alicyclic amines) is 1. The number of hydrogen-bond donors (Lipinski definition) is 2. The Morgan fingerprint density at radius 3 is 2.70 bits per heavy atom. The van der Waals surface area contributed by atoms with Crippen LogP contribution in [0.5, 0.6) is 0 Å². The first-order valence-electron chi connectivity index (χ1n) is 12.6. The summed E-state index contributed by atoms with van der Waals surface area (Å²) < 4.78 is 14.4. The van der Waals surface area contributed by atoms with Gasteiger partial charge < -0.3 is 4.98 Å². The van der Waals surface area contributed by atoms with Gasteiger partial charge >= 0.3 is 0 Å². The molecule has 0 atom stereocenters. The highest BCUT2D eigenvalue weighted by molar-refractivity contribution is 5.95. The van der Waals surface area contributed by atoms with Crippen molar-refractivity contribution in [3.05, 3.63) is 95.3 Å². The minimum absolute atomic E-state index is 0.317. The molecular weight excluding hydrogens is 463 g/mol. The number of pyridine rings is 1. The van der Waals surface area contributed by atoms with Gasteiger partial charge in [-0.1, -0.05) is 24.8 Å². The zero-order valence-corrected chi connectivity index (χ0v) is 21.1. The molecule has 1 aliphatic heterocycles. The van der Waals surface area contributed by atoms with Gasteiger partial charge in [0, 0.05) is 46.7 Å². The van der Waals surface area contributed by atoms with E-state index < -0.39 is 0 Å². The van der Waals surface area contributed by atoms with E-state index in [-0.39, 0.29) is 5.82 Å². The summed E-state index contributed by atoms with van der Waals surface area (Å²) in [6.45, 7) is 11.4. The van der Waals surface area contributed by atoms with Crippen molar-refractivity contribution in [2.75, 3.05) is 13.1 Å². The lowest BCUT2D eigenvalue weighted by atomic mass is 9.98. The van der Waals surface area contributed by atoms with E-state index in [2.05, 4.69) is 56.8 Å². The Kier molecular flexibility index (Phi) is 5.93. The maximum absolute atomic E-state index is 14.4. The molecule has 1 saturated heterocycles. The summed E-state index contributed by atoms with van der Waals surface area (Å²) in [6.07, 6.45) is 6.44. The standard InChI is InChI=1S/C30H29FN6/c1-18-12-27-25(14-24(18)22-13-21(15-32-16-22)17-37-10-6-7-11-37)29(36-35-27)30-33-20(3)28(34-30)19(2)23-8-4-5-9-26(23)31/h4-5,8-9,12-16H,2,6-7,10-11,17H2,1,3H3,(H,33,34)(H,35,36). The lowest BCUT2D eigenvalue weighted by molar-refractivity contribution is 0.331. The Bertz CT molecular complexity index is 1620. The number of imidazole rings is 1. The first-order chi connectivity index (χ1) is 18.0. The Balaban J connectivity index is 1.37.